The van der Waals surface area contributed by atoms with Gasteiger partial charge in [0.1, 0.15) is 29.1 Å². The van der Waals surface area contributed by atoms with Crippen LogP contribution < -0.4 is 15.8 Å². The lowest BCUT2D eigenvalue weighted by Gasteiger charge is -2.27. The summed E-state index contributed by atoms with van der Waals surface area (Å²) >= 11 is 0. The molecule has 0 aliphatic carbocycles. The Morgan fingerprint density at radius 1 is 1.23 bits per heavy atom. The molecule has 40 heavy (non-hydrogen) atoms. The summed E-state index contributed by atoms with van der Waals surface area (Å²) < 4.78 is 58.0. The number of rotatable bonds is 11. The number of benzene rings is 1. The smallest absolute Gasteiger partial charge is 0.433 e. The molecule has 3 heterocycles. The number of fused-ring (bicyclic) bond motifs is 1. The predicted molar refractivity (Wildman–Crippen MR) is 145 cm³/mol. The van der Waals surface area contributed by atoms with Crippen LogP contribution >= 0.6 is 0 Å². The van der Waals surface area contributed by atoms with E-state index in [4.69, 9.17) is 24.9 Å². The highest BCUT2D eigenvalue weighted by atomic mass is 19.4. The maximum Gasteiger partial charge on any atom is 0.433 e. The van der Waals surface area contributed by atoms with Crippen molar-refractivity contribution in [2.45, 2.75) is 70.5 Å². The highest BCUT2D eigenvalue weighted by molar-refractivity contribution is 6.08. The Morgan fingerprint density at radius 2 is 1.98 bits per heavy atom. The molecule has 1 saturated heterocycles. The van der Waals surface area contributed by atoms with Gasteiger partial charge in [-0.1, -0.05) is 13.3 Å². The van der Waals surface area contributed by atoms with Crippen LogP contribution in [-0.4, -0.2) is 85.4 Å². The van der Waals surface area contributed by atoms with E-state index < -0.39 is 18.0 Å². The number of aromatic nitrogens is 1. The number of ether oxygens (including phenoxy) is 3. The van der Waals surface area contributed by atoms with E-state index in [1.807, 2.05) is 20.8 Å². The van der Waals surface area contributed by atoms with Crippen LogP contribution in [0.3, 0.4) is 0 Å². The van der Waals surface area contributed by atoms with Gasteiger partial charge < -0.3 is 30.2 Å². The van der Waals surface area contributed by atoms with Crippen molar-refractivity contribution in [3.05, 3.63) is 35.5 Å². The highest BCUT2D eigenvalue weighted by Crippen LogP contribution is 2.35. The molecule has 3 N–H and O–H groups in total. The SMILES string of the molecule is CCCC(C)Oc1ccc(C2=NC(C(C)NCCC(=O)N3CCOCC3)C(CN)O2)c2ccc(C(F)(F)F)nc12. The Morgan fingerprint density at radius 3 is 2.65 bits per heavy atom. The van der Waals surface area contributed by atoms with Crippen molar-refractivity contribution in [2.24, 2.45) is 10.7 Å². The molecule has 2 aliphatic heterocycles. The average Bonchev–Trinajstić information content (AvgIpc) is 3.37. The second kappa shape index (κ2) is 13.1. The second-order valence-corrected chi connectivity index (χ2v) is 10.2. The Hall–Kier alpha value is -2.96. The van der Waals surface area contributed by atoms with Crippen molar-refractivity contribution in [1.82, 2.24) is 15.2 Å². The zero-order valence-electron chi connectivity index (χ0n) is 23.2. The summed E-state index contributed by atoms with van der Waals surface area (Å²) in [6, 6.07) is 5.17. The molecule has 2 aromatic rings. The van der Waals surface area contributed by atoms with Gasteiger partial charge in [-0.3, -0.25) is 4.79 Å². The van der Waals surface area contributed by atoms with Crippen molar-refractivity contribution in [3.63, 3.8) is 0 Å². The number of morpholine rings is 1. The predicted octanol–water partition coefficient (Wildman–Crippen LogP) is 3.52. The number of hydrogen-bond acceptors (Lipinski definition) is 8. The van der Waals surface area contributed by atoms with Crippen molar-refractivity contribution in [2.75, 3.05) is 39.4 Å². The molecule has 0 saturated carbocycles. The van der Waals surface area contributed by atoms with Gasteiger partial charge in [-0.25, -0.2) is 9.98 Å². The number of hydrogen-bond donors (Lipinski definition) is 2. The fraction of sp³-hybridized carbons (Fsp3) is 0.607. The molecule has 12 heteroatoms. The first-order valence-corrected chi connectivity index (χ1v) is 13.8. The Bertz CT molecular complexity index is 1200. The van der Waals surface area contributed by atoms with Gasteiger partial charge >= 0.3 is 6.18 Å². The summed E-state index contributed by atoms with van der Waals surface area (Å²) in [5.74, 6) is 0.632. The van der Waals surface area contributed by atoms with Gasteiger partial charge in [0.2, 0.25) is 11.8 Å². The van der Waals surface area contributed by atoms with Crippen LogP contribution in [0.15, 0.2) is 29.3 Å². The standard InChI is InChI=1S/C28H38F3N5O4/c1-4-5-17(2)39-21-8-6-20(19-7-9-23(28(29,30)31)34-26(19)21)27-35-25(22(16-32)40-27)18(3)33-11-10-24(37)36-12-14-38-15-13-36/h6-9,17-18,22,25,33H,4-5,10-16,32H2,1-3H3. The Balaban J connectivity index is 1.55. The van der Waals surface area contributed by atoms with Gasteiger partial charge in [0.05, 0.1) is 19.3 Å². The second-order valence-electron chi connectivity index (χ2n) is 10.2. The van der Waals surface area contributed by atoms with E-state index in [2.05, 4.69) is 10.3 Å². The topological polar surface area (TPSA) is 111 Å². The Kier molecular flexibility index (Phi) is 9.85. The Labute approximate surface area is 232 Å². The molecule has 9 nitrogen and oxygen atoms in total. The summed E-state index contributed by atoms with van der Waals surface area (Å²) in [6.07, 6.45) is -3.26. The minimum atomic E-state index is -4.60. The van der Waals surface area contributed by atoms with E-state index in [9.17, 15) is 18.0 Å². The van der Waals surface area contributed by atoms with Crippen molar-refractivity contribution < 1.29 is 32.2 Å². The van der Waals surface area contributed by atoms with Crippen molar-refractivity contribution in [1.29, 1.82) is 0 Å². The first kappa shape index (κ1) is 30.0. The zero-order chi connectivity index (χ0) is 28.9. The first-order chi connectivity index (χ1) is 19.1. The van der Waals surface area contributed by atoms with Crippen molar-refractivity contribution >= 4 is 22.7 Å². The largest absolute Gasteiger partial charge is 0.488 e. The monoisotopic (exact) mass is 565 g/mol. The summed E-state index contributed by atoms with van der Waals surface area (Å²) in [5.41, 5.74) is 5.63. The third-order valence-corrected chi connectivity index (χ3v) is 7.19. The number of halogens is 3. The molecular formula is C28H38F3N5O4. The summed E-state index contributed by atoms with van der Waals surface area (Å²) in [7, 11) is 0. The molecular weight excluding hydrogens is 527 g/mol. The number of aliphatic imine (C=N–C) groups is 1. The van der Waals surface area contributed by atoms with Crippen LogP contribution in [0.2, 0.25) is 0 Å². The molecule has 1 aromatic carbocycles. The summed E-state index contributed by atoms with van der Waals surface area (Å²) in [5, 5.41) is 3.80. The van der Waals surface area contributed by atoms with Gasteiger partial charge in [0, 0.05) is 49.6 Å². The molecule has 220 valence electrons. The fourth-order valence-electron chi connectivity index (χ4n) is 5.03. The summed E-state index contributed by atoms with van der Waals surface area (Å²) in [6.45, 7) is 8.80. The first-order valence-electron chi connectivity index (χ1n) is 13.8. The van der Waals surface area contributed by atoms with E-state index in [1.54, 1.807) is 17.0 Å². The molecule has 2 aliphatic rings. The highest BCUT2D eigenvalue weighted by Gasteiger charge is 2.36. The normalized spacial score (nSPS) is 21.2. The molecule has 1 amide bonds. The lowest BCUT2D eigenvalue weighted by Crippen LogP contribution is -2.46. The third kappa shape index (κ3) is 7.02. The van der Waals surface area contributed by atoms with Gasteiger partial charge in [0.25, 0.3) is 0 Å². The van der Waals surface area contributed by atoms with Gasteiger partial charge in [0.15, 0.2) is 0 Å². The van der Waals surface area contributed by atoms with Gasteiger partial charge in [-0.05, 0) is 44.5 Å². The zero-order valence-corrected chi connectivity index (χ0v) is 23.2. The molecule has 4 atom stereocenters. The number of alkyl halides is 3. The van der Waals surface area contributed by atoms with E-state index in [0.29, 0.717) is 56.1 Å². The molecule has 0 spiro atoms. The van der Waals surface area contributed by atoms with E-state index in [-0.39, 0.29) is 41.9 Å². The minimum absolute atomic E-state index is 0.0676. The number of nitrogens with zero attached hydrogens (tertiary/aromatic N) is 3. The maximum absolute atomic E-state index is 13.5. The number of carbonyl (C=O) groups is 1. The number of nitrogens with one attached hydrogen (secondary N) is 1. The number of pyridine rings is 1. The van der Waals surface area contributed by atoms with Crippen molar-refractivity contribution in [3.8, 4) is 5.75 Å². The third-order valence-electron chi connectivity index (χ3n) is 7.19. The maximum atomic E-state index is 13.5. The number of nitrogens with two attached hydrogens (primary N) is 1. The average molecular weight is 566 g/mol. The molecule has 0 bridgehead atoms. The summed E-state index contributed by atoms with van der Waals surface area (Å²) in [4.78, 5) is 23.0. The molecule has 0 radical (unpaired) electrons. The van der Waals surface area contributed by atoms with Crippen LogP contribution in [0.5, 0.6) is 5.75 Å². The fourth-order valence-corrected chi connectivity index (χ4v) is 5.03. The van der Waals surface area contributed by atoms with E-state index in [1.165, 1.54) is 6.07 Å². The molecule has 1 fully saturated rings. The van der Waals surface area contributed by atoms with Crippen LogP contribution in [0.25, 0.3) is 10.9 Å². The van der Waals surface area contributed by atoms with Gasteiger partial charge in [-0.15, -0.1) is 0 Å². The van der Waals surface area contributed by atoms with Crippen LogP contribution in [0, 0.1) is 0 Å². The van der Waals surface area contributed by atoms with Crippen LogP contribution in [0.1, 0.15) is 51.3 Å². The lowest BCUT2D eigenvalue weighted by atomic mass is 10.0. The number of amides is 1. The molecule has 4 rings (SSSR count). The molecule has 4 unspecified atom stereocenters. The molecule has 1 aromatic heterocycles. The van der Waals surface area contributed by atoms with Gasteiger partial charge in [-0.2, -0.15) is 13.2 Å². The minimum Gasteiger partial charge on any atom is -0.488 e. The van der Waals surface area contributed by atoms with E-state index >= 15 is 0 Å². The lowest BCUT2D eigenvalue weighted by molar-refractivity contribution is -0.141. The van der Waals surface area contributed by atoms with E-state index in [0.717, 1.165) is 18.9 Å². The number of carbonyl (C=O) groups excluding carboxylic acids is 1. The quantitative estimate of drug-likeness (QED) is 0.429. The van der Waals surface area contributed by atoms with Crippen LogP contribution in [-0.2, 0) is 20.4 Å². The van der Waals surface area contributed by atoms with Crippen LogP contribution in [0.4, 0.5) is 13.2 Å².